The van der Waals surface area contributed by atoms with E-state index in [0.29, 0.717) is 76.8 Å². The Labute approximate surface area is 296 Å². The molecule has 2 fully saturated rings. The number of carbonyl (C=O) groups excluding carboxylic acids is 5. The lowest BCUT2D eigenvalue weighted by atomic mass is 9.76. The molecule has 272 valence electrons. The number of rotatable bonds is 17. The highest BCUT2D eigenvalue weighted by atomic mass is 16.2. The summed E-state index contributed by atoms with van der Waals surface area (Å²) in [5, 5.41) is 8.71. The van der Waals surface area contributed by atoms with Gasteiger partial charge in [-0.05, 0) is 81.4 Å². The van der Waals surface area contributed by atoms with Gasteiger partial charge in [0.1, 0.15) is 23.9 Å². The Morgan fingerprint density at radius 3 is 1.88 bits per heavy atom. The maximum atomic E-state index is 13.9. The minimum atomic E-state index is -0.991. The molecular weight excluding hydrogens is 632 g/mol. The van der Waals surface area contributed by atoms with E-state index < -0.39 is 41.9 Å². The normalized spacial score (nSPS) is 17.9. The Hall–Kier alpha value is -4.09. The number of nitrogens with two attached hydrogens (primary N) is 2. The fourth-order valence-corrected chi connectivity index (χ4v) is 7.19. The monoisotopic (exact) mass is 688 g/mol. The molecule has 4 amide bonds. The van der Waals surface area contributed by atoms with Crippen molar-refractivity contribution >= 4 is 29.4 Å². The number of carbonyl (C=O) groups is 5. The van der Waals surface area contributed by atoms with Crippen molar-refractivity contribution in [3.63, 3.8) is 0 Å². The highest BCUT2D eigenvalue weighted by Crippen LogP contribution is 2.43. The number of nitrogens with zero attached hydrogens (tertiary/aromatic N) is 1. The summed E-state index contributed by atoms with van der Waals surface area (Å²) in [6.07, 6.45) is 6.31. The van der Waals surface area contributed by atoms with Crippen LogP contribution in [0.5, 0.6) is 0 Å². The van der Waals surface area contributed by atoms with Crippen LogP contribution in [0.2, 0.25) is 0 Å². The highest BCUT2D eigenvalue weighted by Gasteiger charge is 2.45. The van der Waals surface area contributed by atoms with Crippen molar-refractivity contribution < 1.29 is 24.0 Å². The lowest BCUT2D eigenvalue weighted by Crippen LogP contribution is -2.59. The first-order valence-electron chi connectivity index (χ1n) is 18.3. The van der Waals surface area contributed by atoms with Crippen molar-refractivity contribution in [1.82, 2.24) is 20.9 Å². The van der Waals surface area contributed by atoms with E-state index in [1.807, 2.05) is 74.5 Å². The summed E-state index contributed by atoms with van der Waals surface area (Å²) < 4.78 is 0. The fraction of sp³-hybridized carbons (Fsp3) is 0.564. The maximum Gasteiger partial charge on any atom is 0.245 e. The van der Waals surface area contributed by atoms with Crippen LogP contribution in [-0.4, -0.2) is 78.1 Å². The van der Waals surface area contributed by atoms with Gasteiger partial charge in [0.25, 0.3) is 0 Å². The number of likely N-dealkylation sites (tertiary alicyclic amines) is 1. The predicted molar refractivity (Wildman–Crippen MR) is 194 cm³/mol. The van der Waals surface area contributed by atoms with Crippen LogP contribution in [0.3, 0.4) is 0 Å². The van der Waals surface area contributed by atoms with Gasteiger partial charge in [0.15, 0.2) is 0 Å². The van der Waals surface area contributed by atoms with Gasteiger partial charge in [-0.1, -0.05) is 74.5 Å². The first kappa shape index (κ1) is 38.7. The fourth-order valence-electron chi connectivity index (χ4n) is 7.19. The van der Waals surface area contributed by atoms with Crippen molar-refractivity contribution in [2.45, 2.75) is 109 Å². The van der Waals surface area contributed by atoms with Crippen LogP contribution >= 0.6 is 0 Å². The van der Waals surface area contributed by atoms with Gasteiger partial charge in [-0.3, -0.25) is 24.0 Å². The SMILES string of the molecule is CC(C)C[C@@H](NC(=O)[C@@H](Cc1ccccc1)NC(=O)[C@H](N)Cc1ccccc1)C(=O)N[C@H](CCCCN)C(=O)N1CCC2(CCCC2=O)CC1. The number of hydrogen-bond donors (Lipinski definition) is 5. The summed E-state index contributed by atoms with van der Waals surface area (Å²) in [6, 6.07) is 15.2. The van der Waals surface area contributed by atoms with Crippen molar-refractivity contribution in [2.75, 3.05) is 19.6 Å². The summed E-state index contributed by atoms with van der Waals surface area (Å²) in [7, 11) is 0. The molecule has 1 spiro atoms. The van der Waals surface area contributed by atoms with E-state index in [9.17, 15) is 24.0 Å². The largest absolute Gasteiger partial charge is 0.343 e. The molecule has 11 heteroatoms. The van der Waals surface area contributed by atoms with E-state index in [4.69, 9.17) is 11.5 Å². The van der Waals surface area contributed by atoms with Gasteiger partial charge < -0.3 is 32.3 Å². The standard InChI is InChI=1S/C39H56N6O5/c1-27(2)24-32(36(48)42-31(16-9-10-21-40)38(50)45-22-19-39(20-23-45)18-11-17-34(39)46)44-37(49)33(26-29-14-7-4-8-15-29)43-35(47)30(41)25-28-12-5-3-6-13-28/h3-8,12-15,27,30-33H,9-11,16-26,40-41H2,1-2H3,(H,42,48)(H,43,47)(H,44,49)/t30-,31-,32-,33-/m1/s1. The second-order valence-electron chi connectivity index (χ2n) is 14.5. The van der Waals surface area contributed by atoms with Crippen LogP contribution < -0.4 is 27.4 Å². The molecule has 0 radical (unpaired) electrons. The number of amides is 4. The summed E-state index contributed by atoms with van der Waals surface area (Å²) in [5.74, 6) is -1.26. The highest BCUT2D eigenvalue weighted by molar-refractivity contribution is 5.95. The van der Waals surface area contributed by atoms with E-state index in [-0.39, 0.29) is 23.7 Å². The second-order valence-corrected chi connectivity index (χ2v) is 14.5. The summed E-state index contributed by atoms with van der Waals surface area (Å²) in [5.41, 5.74) is 13.5. The van der Waals surface area contributed by atoms with Gasteiger partial charge in [0.2, 0.25) is 23.6 Å². The quantitative estimate of drug-likeness (QED) is 0.159. The van der Waals surface area contributed by atoms with Gasteiger partial charge >= 0.3 is 0 Å². The maximum absolute atomic E-state index is 13.9. The molecule has 50 heavy (non-hydrogen) atoms. The molecule has 4 atom stereocenters. The molecule has 2 aliphatic rings. The Morgan fingerprint density at radius 1 is 0.760 bits per heavy atom. The molecule has 1 aliphatic carbocycles. The molecule has 0 bridgehead atoms. The van der Waals surface area contributed by atoms with Gasteiger partial charge in [-0.15, -0.1) is 0 Å². The van der Waals surface area contributed by atoms with Crippen LogP contribution in [0, 0.1) is 11.3 Å². The summed E-state index contributed by atoms with van der Waals surface area (Å²) in [4.78, 5) is 69.4. The van der Waals surface area contributed by atoms with Gasteiger partial charge in [-0.2, -0.15) is 0 Å². The van der Waals surface area contributed by atoms with Crippen molar-refractivity contribution in [2.24, 2.45) is 22.8 Å². The third-order valence-corrected chi connectivity index (χ3v) is 10.1. The first-order chi connectivity index (χ1) is 24.0. The zero-order chi connectivity index (χ0) is 36.1. The topological polar surface area (TPSA) is 177 Å². The Morgan fingerprint density at radius 2 is 1.32 bits per heavy atom. The van der Waals surface area contributed by atoms with E-state index in [2.05, 4.69) is 16.0 Å². The summed E-state index contributed by atoms with van der Waals surface area (Å²) >= 11 is 0. The van der Waals surface area contributed by atoms with Crippen molar-refractivity contribution in [1.29, 1.82) is 0 Å². The predicted octanol–water partition coefficient (Wildman–Crippen LogP) is 2.79. The van der Waals surface area contributed by atoms with Gasteiger partial charge in [-0.25, -0.2) is 0 Å². The Balaban J connectivity index is 1.46. The number of piperidine rings is 1. The Bertz CT molecular complexity index is 1430. The minimum Gasteiger partial charge on any atom is -0.343 e. The number of hydrogen-bond acceptors (Lipinski definition) is 7. The Kier molecular flexibility index (Phi) is 14.5. The number of Topliss-reactive ketones (excluding diaryl/α,β-unsaturated/α-hetero) is 1. The van der Waals surface area contributed by atoms with E-state index >= 15 is 0 Å². The smallest absolute Gasteiger partial charge is 0.245 e. The lowest BCUT2D eigenvalue weighted by Gasteiger charge is -2.39. The molecule has 1 saturated heterocycles. The third kappa shape index (κ3) is 11.0. The number of ketones is 1. The molecule has 2 aromatic carbocycles. The van der Waals surface area contributed by atoms with E-state index in [1.165, 1.54) is 0 Å². The van der Waals surface area contributed by atoms with Crippen LogP contribution in [0.15, 0.2) is 60.7 Å². The van der Waals surface area contributed by atoms with Crippen LogP contribution in [0.1, 0.15) is 82.8 Å². The van der Waals surface area contributed by atoms with Crippen LogP contribution in [0.25, 0.3) is 0 Å². The molecule has 0 aromatic heterocycles. The molecule has 2 aromatic rings. The van der Waals surface area contributed by atoms with Crippen molar-refractivity contribution in [3.8, 4) is 0 Å². The van der Waals surface area contributed by atoms with Gasteiger partial charge in [0.05, 0.1) is 6.04 Å². The van der Waals surface area contributed by atoms with Crippen LogP contribution in [0.4, 0.5) is 0 Å². The van der Waals surface area contributed by atoms with E-state index in [0.717, 1.165) is 24.0 Å². The van der Waals surface area contributed by atoms with E-state index in [1.54, 1.807) is 4.90 Å². The average Bonchev–Trinajstić information content (AvgIpc) is 3.46. The molecule has 1 heterocycles. The zero-order valence-electron chi connectivity index (χ0n) is 29.7. The minimum absolute atomic E-state index is 0.0427. The second kappa shape index (κ2) is 18.8. The zero-order valence-corrected chi connectivity index (χ0v) is 29.7. The van der Waals surface area contributed by atoms with Crippen molar-refractivity contribution in [3.05, 3.63) is 71.8 Å². The molecular formula is C39H56N6O5. The molecule has 0 unspecified atom stereocenters. The molecule has 7 N–H and O–H groups in total. The molecule has 1 saturated carbocycles. The lowest BCUT2D eigenvalue weighted by molar-refractivity contribution is -0.141. The first-order valence-corrected chi connectivity index (χ1v) is 18.3. The number of unbranched alkanes of at least 4 members (excludes halogenated alkanes) is 1. The molecule has 4 rings (SSSR count). The number of nitrogens with one attached hydrogen (secondary N) is 3. The summed E-state index contributed by atoms with van der Waals surface area (Å²) in [6.45, 7) is 5.34. The third-order valence-electron chi connectivity index (χ3n) is 10.1. The average molecular weight is 689 g/mol. The molecule has 11 nitrogen and oxygen atoms in total. The van der Waals surface area contributed by atoms with Crippen LogP contribution in [-0.2, 0) is 36.8 Å². The molecule has 1 aliphatic heterocycles. The number of benzene rings is 2. The van der Waals surface area contributed by atoms with Gasteiger partial charge in [0, 0.05) is 31.3 Å².